The number of hydroxylamine groups is 2. The minimum atomic E-state index is -0.0888. The molecule has 13 heavy (non-hydrogen) atoms. The zero-order valence-electron chi connectivity index (χ0n) is 7.66. The number of nitrogens with zero attached hydrogens (tertiary/aromatic N) is 1. The molecule has 0 spiro atoms. The smallest absolute Gasteiger partial charge is 0.308 e. The zero-order valence-corrected chi connectivity index (χ0v) is 9.82. The van der Waals surface area contributed by atoms with E-state index in [9.17, 15) is 4.79 Å². The fraction of sp³-hybridized carbons (Fsp3) is 0.875. The van der Waals surface area contributed by atoms with Crippen LogP contribution in [0.4, 0.5) is 0 Å². The zero-order chi connectivity index (χ0) is 9.68. The lowest BCUT2D eigenvalue weighted by Crippen LogP contribution is -2.36. The van der Waals surface area contributed by atoms with Crippen molar-refractivity contribution in [3.8, 4) is 0 Å². The van der Waals surface area contributed by atoms with Gasteiger partial charge in [0, 0.05) is 13.1 Å². The van der Waals surface area contributed by atoms with Gasteiger partial charge in [0.05, 0.1) is 13.0 Å². The first-order valence-corrected chi connectivity index (χ1v) is 5.82. The normalized spacial score (nSPS) is 20.2. The molecule has 0 radical (unpaired) electrons. The van der Waals surface area contributed by atoms with Gasteiger partial charge < -0.3 is 4.74 Å². The summed E-state index contributed by atoms with van der Waals surface area (Å²) in [7, 11) is 1.44. The summed E-state index contributed by atoms with van der Waals surface area (Å²) in [6.45, 7) is 1.64. The highest BCUT2D eigenvalue weighted by atomic mass is 127. The Kier molecular flexibility index (Phi) is 4.97. The number of piperidine rings is 1. The van der Waals surface area contributed by atoms with Gasteiger partial charge in [0.15, 0.2) is 0 Å². The number of alkyl halides is 1. The van der Waals surface area contributed by atoms with Crippen LogP contribution in [-0.2, 0) is 14.4 Å². The molecule has 1 fully saturated rings. The summed E-state index contributed by atoms with van der Waals surface area (Å²) in [4.78, 5) is 16.5. The molecule has 1 aliphatic heterocycles. The van der Waals surface area contributed by atoms with Crippen molar-refractivity contribution in [1.29, 1.82) is 0 Å². The van der Waals surface area contributed by atoms with E-state index in [0.29, 0.717) is 4.61 Å². The van der Waals surface area contributed by atoms with Crippen molar-refractivity contribution in [3.63, 3.8) is 0 Å². The fourth-order valence-electron chi connectivity index (χ4n) is 1.46. The summed E-state index contributed by atoms with van der Waals surface area (Å²) in [5.41, 5.74) is 0. The molecule has 76 valence electrons. The van der Waals surface area contributed by atoms with E-state index < -0.39 is 0 Å². The Morgan fingerprint density at radius 1 is 1.54 bits per heavy atom. The Labute approximate surface area is 91.7 Å². The van der Waals surface area contributed by atoms with Crippen LogP contribution in [0.5, 0.6) is 0 Å². The third kappa shape index (κ3) is 3.40. The molecule has 0 unspecified atom stereocenters. The van der Waals surface area contributed by atoms with Crippen LogP contribution in [0.1, 0.15) is 12.8 Å². The summed E-state index contributed by atoms with van der Waals surface area (Å²) in [6, 6.07) is 0. The molecular weight excluding hydrogens is 285 g/mol. The van der Waals surface area contributed by atoms with E-state index in [1.165, 1.54) is 7.11 Å². The van der Waals surface area contributed by atoms with Gasteiger partial charge in [-0.05, 0) is 12.8 Å². The van der Waals surface area contributed by atoms with Crippen LogP contribution in [-0.4, -0.2) is 35.8 Å². The molecule has 1 saturated heterocycles. The molecule has 0 aromatic carbocycles. The molecule has 0 atom stereocenters. The van der Waals surface area contributed by atoms with E-state index in [1.807, 2.05) is 5.06 Å². The first-order chi connectivity index (χ1) is 6.27. The summed E-state index contributed by atoms with van der Waals surface area (Å²) >= 11 is 2.16. The average Bonchev–Trinajstić information content (AvgIpc) is 2.18. The maximum atomic E-state index is 11.1. The fourth-order valence-corrected chi connectivity index (χ4v) is 1.85. The molecular formula is C8H14INO3. The van der Waals surface area contributed by atoms with Gasteiger partial charge in [-0.1, -0.05) is 22.6 Å². The van der Waals surface area contributed by atoms with Crippen molar-refractivity contribution in [2.45, 2.75) is 12.8 Å². The minimum absolute atomic E-state index is 0.0686. The third-order valence-corrected chi connectivity index (χ3v) is 2.50. The van der Waals surface area contributed by atoms with Gasteiger partial charge in [-0.25, -0.2) is 0 Å². The average molecular weight is 299 g/mol. The molecule has 0 bridgehead atoms. The van der Waals surface area contributed by atoms with E-state index in [4.69, 9.17) is 4.84 Å². The van der Waals surface area contributed by atoms with E-state index in [0.717, 1.165) is 25.9 Å². The number of carbonyl (C=O) groups excluding carboxylic acids is 1. The molecule has 4 nitrogen and oxygen atoms in total. The Hall–Kier alpha value is 0.120. The van der Waals surface area contributed by atoms with Gasteiger partial charge in [-0.2, -0.15) is 5.06 Å². The highest BCUT2D eigenvalue weighted by Gasteiger charge is 2.25. The molecule has 0 amide bonds. The van der Waals surface area contributed by atoms with E-state index in [-0.39, 0.29) is 11.9 Å². The lowest BCUT2D eigenvalue weighted by Gasteiger charge is -2.28. The van der Waals surface area contributed by atoms with Crippen molar-refractivity contribution >= 4 is 28.6 Å². The van der Waals surface area contributed by atoms with E-state index >= 15 is 0 Å². The number of carbonyl (C=O) groups is 1. The van der Waals surface area contributed by atoms with E-state index in [1.54, 1.807) is 0 Å². The molecule has 1 heterocycles. The summed E-state index contributed by atoms with van der Waals surface area (Å²) in [5, 5.41) is 1.91. The monoisotopic (exact) mass is 299 g/mol. The second-order valence-corrected chi connectivity index (χ2v) is 3.59. The van der Waals surface area contributed by atoms with Crippen LogP contribution in [0, 0.1) is 5.92 Å². The highest BCUT2D eigenvalue weighted by Crippen LogP contribution is 2.18. The first kappa shape index (κ1) is 11.2. The number of ether oxygens (including phenoxy) is 1. The molecule has 1 aliphatic rings. The first-order valence-electron chi connectivity index (χ1n) is 4.29. The molecule has 0 aliphatic carbocycles. The molecule has 0 aromatic rings. The Bertz CT molecular complexity index is 169. The topological polar surface area (TPSA) is 38.8 Å². The van der Waals surface area contributed by atoms with Crippen LogP contribution < -0.4 is 0 Å². The standard InChI is InChI=1S/C8H14INO3/c1-12-8(11)7-2-4-10(5-3-7)13-6-9/h7H,2-6H2,1H3. The number of rotatable bonds is 3. The molecule has 0 aromatic heterocycles. The highest BCUT2D eigenvalue weighted by molar-refractivity contribution is 14.1. The maximum Gasteiger partial charge on any atom is 0.308 e. The van der Waals surface area contributed by atoms with Gasteiger partial charge in [-0.15, -0.1) is 0 Å². The number of hydrogen-bond acceptors (Lipinski definition) is 4. The number of halogens is 1. The van der Waals surface area contributed by atoms with E-state index in [2.05, 4.69) is 27.3 Å². The number of hydrogen-bond donors (Lipinski definition) is 0. The van der Waals surface area contributed by atoms with Crippen LogP contribution in [0.15, 0.2) is 0 Å². The van der Waals surface area contributed by atoms with Crippen molar-refractivity contribution in [2.75, 3.05) is 24.8 Å². The van der Waals surface area contributed by atoms with Gasteiger partial charge >= 0.3 is 5.97 Å². The van der Waals surface area contributed by atoms with Crippen molar-refractivity contribution in [3.05, 3.63) is 0 Å². The Balaban J connectivity index is 2.26. The minimum Gasteiger partial charge on any atom is -0.469 e. The van der Waals surface area contributed by atoms with Crippen molar-refractivity contribution < 1.29 is 14.4 Å². The van der Waals surface area contributed by atoms with Crippen LogP contribution in [0.2, 0.25) is 0 Å². The van der Waals surface area contributed by atoms with Gasteiger partial charge in [-0.3, -0.25) is 9.63 Å². The Morgan fingerprint density at radius 2 is 2.15 bits per heavy atom. The predicted octanol–water partition coefficient (Wildman–Crippen LogP) is 1.20. The predicted molar refractivity (Wildman–Crippen MR) is 56.3 cm³/mol. The van der Waals surface area contributed by atoms with Gasteiger partial charge in [0.25, 0.3) is 0 Å². The van der Waals surface area contributed by atoms with Crippen LogP contribution in [0.25, 0.3) is 0 Å². The molecule has 5 heteroatoms. The summed E-state index contributed by atoms with van der Waals surface area (Å²) in [5.74, 6) is -0.0202. The summed E-state index contributed by atoms with van der Waals surface area (Å²) in [6.07, 6.45) is 1.67. The largest absolute Gasteiger partial charge is 0.469 e. The Morgan fingerprint density at radius 3 is 2.62 bits per heavy atom. The van der Waals surface area contributed by atoms with Crippen molar-refractivity contribution in [2.24, 2.45) is 5.92 Å². The quantitative estimate of drug-likeness (QED) is 0.446. The number of methoxy groups -OCH3 is 1. The maximum absolute atomic E-state index is 11.1. The lowest BCUT2D eigenvalue weighted by molar-refractivity contribution is -0.165. The van der Waals surface area contributed by atoms with Crippen molar-refractivity contribution in [1.82, 2.24) is 5.06 Å². The lowest BCUT2D eigenvalue weighted by atomic mass is 9.98. The molecule has 0 saturated carbocycles. The van der Waals surface area contributed by atoms with Gasteiger partial charge in [0.1, 0.15) is 4.61 Å². The van der Waals surface area contributed by atoms with Crippen LogP contribution in [0.3, 0.4) is 0 Å². The second-order valence-electron chi connectivity index (χ2n) is 2.96. The van der Waals surface area contributed by atoms with Crippen LogP contribution >= 0.6 is 22.6 Å². The SMILES string of the molecule is COC(=O)C1CCN(OCI)CC1. The second kappa shape index (κ2) is 5.77. The number of esters is 1. The third-order valence-electron chi connectivity index (χ3n) is 2.22. The summed E-state index contributed by atoms with van der Waals surface area (Å²) < 4.78 is 5.35. The molecule has 0 N–H and O–H groups in total. The van der Waals surface area contributed by atoms with Gasteiger partial charge in [0.2, 0.25) is 0 Å². The molecule has 1 rings (SSSR count).